The van der Waals surface area contributed by atoms with E-state index in [1.54, 1.807) is 0 Å². The lowest BCUT2D eigenvalue weighted by Gasteiger charge is -2.35. The van der Waals surface area contributed by atoms with Crippen LogP contribution in [-0.2, 0) is 9.59 Å². The molecule has 1 amide bonds. The van der Waals surface area contributed by atoms with E-state index in [1.165, 1.54) is 19.3 Å². The number of ketones is 1. The molecule has 29 heavy (non-hydrogen) atoms. The average molecular weight is 395 g/mol. The Hall–Kier alpha value is -1.94. The summed E-state index contributed by atoms with van der Waals surface area (Å²) in [4.78, 5) is 30.2. The zero-order chi connectivity index (χ0) is 20.4. The lowest BCUT2D eigenvalue weighted by molar-refractivity contribution is -0.133. The first kappa shape index (κ1) is 20.3. The number of benzene rings is 1. The van der Waals surface area contributed by atoms with E-state index in [0.717, 1.165) is 55.1 Å². The van der Waals surface area contributed by atoms with Crippen molar-refractivity contribution < 1.29 is 9.59 Å². The van der Waals surface area contributed by atoms with Crippen LogP contribution in [0.2, 0.25) is 0 Å². The van der Waals surface area contributed by atoms with Gasteiger partial charge in [0.05, 0.1) is 6.42 Å². The minimum atomic E-state index is 0.146. The first-order valence-electron chi connectivity index (χ1n) is 11.4. The predicted octanol–water partition coefficient (Wildman–Crippen LogP) is 4.16. The summed E-state index contributed by atoms with van der Waals surface area (Å²) in [6, 6.07) is 10.8. The van der Waals surface area contributed by atoms with Crippen LogP contribution >= 0.6 is 0 Å². The van der Waals surface area contributed by atoms with Crippen LogP contribution < -0.4 is 0 Å². The van der Waals surface area contributed by atoms with Crippen molar-refractivity contribution in [2.24, 2.45) is 11.8 Å². The highest BCUT2D eigenvalue weighted by molar-refractivity contribution is 6.10. The minimum Gasteiger partial charge on any atom is -0.342 e. The number of allylic oxidation sites excluding steroid dienone is 1. The molecule has 2 fully saturated rings. The van der Waals surface area contributed by atoms with E-state index >= 15 is 0 Å². The molecule has 1 saturated heterocycles. The van der Waals surface area contributed by atoms with Crippen molar-refractivity contribution in [2.45, 2.75) is 57.9 Å². The van der Waals surface area contributed by atoms with E-state index in [0.29, 0.717) is 18.4 Å². The molecule has 1 aromatic rings. The lowest BCUT2D eigenvalue weighted by atomic mass is 9.88. The van der Waals surface area contributed by atoms with Gasteiger partial charge in [-0.1, -0.05) is 37.3 Å². The van der Waals surface area contributed by atoms with Gasteiger partial charge >= 0.3 is 0 Å². The molecular formula is C25H34N2O2. The van der Waals surface area contributed by atoms with Crippen molar-refractivity contribution in [2.75, 3.05) is 26.7 Å². The highest BCUT2D eigenvalue weighted by Crippen LogP contribution is 2.40. The molecule has 0 bridgehead atoms. The lowest BCUT2D eigenvalue weighted by Crippen LogP contribution is -2.42. The summed E-state index contributed by atoms with van der Waals surface area (Å²) in [5.74, 6) is 1.69. The highest BCUT2D eigenvalue weighted by atomic mass is 16.2. The van der Waals surface area contributed by atoms with Gasteiger partial charge in [-0.3, -0.25) is 9.59 Å². The van der Waals surface area contributed by atoms with Gasteiger partial charge in [0.25, 0.3) is 0 Å². The minimum absolute atomic E-state index is 0.146. The molecule has 0 N–H and O–H groups in total. The number of carbonyl (C=O) groups is 2. The van der Waals surface area contributed by atoms with E-state index in [1.807, 2.05) is 23.1 Å². The Labute approximate surface area is 175 Å². The number of hydrogen-bond donors (Lipinski definition) is 0. The van der Waals surface area contributed by atoms with Crippen LogP contribution in [0.15, 0.2) is 35.9 Å². The topological polar surface area (TPSA) is 40.6 Å². The van der Waals surface area contributed by atoms with Crippen molar-refractivity contribution in [1.29, 1.82) is 0 Å². The molecular weight excluding hydrogens is 360 g/mol. The van der Waals surface area contributed by atoms with Gasteiger partial charge in [-0.15, -0.1) is 0 Å². The fourth-order valence-corrected chi connectivity index (χ4v) is 5.71. The number of likely N-dealkylation sites (tertiary alicyclic amines) is 1. The second-order valence-electron chi connectivity index (χ2n) is 9.18. The second-order valence-corrected chi connectivity index (χ2v) is 9.18. The summed E-state index contributed by atoms with van der Waals surface area (Å²) in [7, 11) is 2.25. The molecule has 1 saturated carbocycles. The molecule has 4 rings (SSSR count). The Bertz CT molecular complexity index is 785. The summed E-state index contributed by atoms with van der Waals surface area (Å²) < 4.78 is 0. The predicted molar refractivity (Wildman–Crippen MR) is 116 cm³/mol. The Kier molecular flexibility index (Phi) is 6.19. The summed E-state index contributed by atoms with van der Waals surface area (Å²) in [6.07, 6.45) is 6.39. The van der Waals surface area contributed by atoms with Gasteiger partial charge in [0, 0.05) is 31.1 Å². The summed E-state index contributed by atoms with van der Waals surface area (Å²) in [6.45, 7) is 5.13. The van der Waals surface area contributed by atoms with Crippen LogP contribution in [0.5, 0.6) is 0 Å². The molecule has 4 heteroatoms. The first-order chi connectivity index (χ1) is 14.1. The maximum atomic E-state index is 13.1. The third kappa shape index (κ3) is 4.32. The number of amides is 1. The summed E-state index contributed by atoms with van der Waals surface area (Å²) >= 11 is 0. The molecule has 0 unspecified atom stereocenters. The van der Waals surface area contributed by atoms with E-state index in [2.05, 4.69) is 31.0 Å². The summed E-state index contributed by atoms with van der Waals surface area (Å²) in [5.41, 5.74) is 2.94. The molecule has 1 aromatic carbocycles. The Morgan fingerprint density at radius 1 is 1.14 bits per heavy atom. The van der Waals surface area contributed by atoms with Crippen molar-refractivity contribution in [3.8, 4) is 0 Å². The van der Waals surface area contributed by atoms with Crippen LogP contribution in [0.3, 0.4) is 0 Å². The third-order valence-electron chi connectivity index (χ3n) is 7.35. The van der Waals surface area contributed by atoms with Gasteiger partial charge in [-0.05, 0) is 68.7 Å². The largest absolute Gasteiger partial charge is 0.342 e. The van der Waals surface area contributed by atoms with Gasteiger partial charge in [0.1, 0.15) is 0 Å². The van der Waals surface area contributed by atoms with Crippen molar-refractivity contribution in [1.82, 2.24) is 9.80 Å². The van der Waals surface area contributed by atoms with Crippen LogP contribution in [0.1, 0.15) is 57.4 Å². The molecule has 0 aromatic heterocycles. The molecule has 1 aliphatic heterocycles. The molecule has 3 atom stereocenters. The fourth-order valence-electron chi connectivity index (χ4n) is 5.71. The normalized spacial score (nSPS) is 27.1. The average Bonchev–Trinajstić information content (AvgIpc) is 3.32. The maximum Gasteiger partial charge on any atom is 0.227 e. The van der Waals surface area contributed by atoms with Crippen molar-refractivity contribution >= 4 is 17.3 Å². The highest BCUT2D eigenvalue weighted by Gasteiger charge is 2.40. The summed E-state index contributed by atoms with van der Waals surface area (Å²) in [5, 5.41) is 0. The van der Waals surface area contributed by atoms with Gasteiger partial charge in [-0.25, -0.2) is 0 Å². The Balaban J connectivity index is 1.41. The number of carbonyl (C=O) groups excluding carboxylic acids is 2. The van der Waals surface area contributed by atoms with E-state index in [4.69, 9.17) is 0 Å². The third-order valence-corrected chi connectivity index (χ3v) is 7.35. The molecule has 0 spiro atoms. The molecule has 4 nitrogen and oxygen atoms in total. The van der Waals surface area contributed by atoms with E-state index in [-0.39, 0.29) is 18.1 Å². The fraction of sp³-hybridized carbons (Fsp3) is 0.600. The number of Topliss-reactive ketones (excluding diaryl/α,β-unsaturated/α-hetero) is 1. The maximum absolute atomic E-state index is 13.1. The number of hydrogen-bond acceptors (Lipinski definition) is 3. The van der Waals surface area contributed by atoms with Crippen molar-refractivity contribution in [3.05, 3.63) is 41.5 Å². The van der Waals surface area contributed by atoms with Gasteiger partial charge < -0.3 is 9.80 Å². The number of nitrogens with zero attached hydrogens (tertiary/aromatic N) is 2. The van der Waals surface area contributed by atoms with Crippen LogP contribution in [0, 0.1) is 11.8 Å². The van der Waals surface area contributed by atoms with Crippen LogP contribution in [-0.4, -0.2) is 54.2 Å². The van der Waals surface area contributed by atoms with Crippen LogP contribution in [0.4, 0.5) is 0 Å². The quantitative estimate of drug-likeness (QED) is 0.727. The van der Waals surface area contributed by atoms with E-state index < -0.39 is 0 Å². The first-order valence-corrected chi connectivity index (χ1v) is 11.4. The smallest absolute Gasteiger partial charge is 0.227 e. The van der Waals surface area contributed by atoms with Crippen molar-refractivity contribution in [3.63, 3.8) is 0 Å². The Morgan fingerprint density at radius 2 is 1.90 bits per heavy atom. The van der Waals surface area contributed by atoms with Gasteiger partial charge in [-0.2, -0.15) is 0 Å². The van der Waals surface area contributed by atoms with Crippen LogP contribution in [0.25, 0.3) is 5.57 Å². The van der Waals surface area contributed by atoms with Gasteiger partial charge in [0.15, 0.2) is 5.78 Å². The molecule has 0 radical (unpaired) electrons. The zero-order valence-corrected chi connectivity index (χ0v) is 17.9. The van der Waals surface area contributed by atoms with Gasteiger partial charge in [0.2, 0.25) is 5.91 Å². The second kappa shape index (κ2) is 8.83. The SMILES string of the molecule is CCCN(C)[C@H]1C[C@H]2CCN(C(=O)CC3=C(c4ccccc4)CCC3=O)C[C@H]2C1. The standard InChI is InChI=1S/C25H34N2O2/c1-3-12-26(2)21-14-19-11-13-27(17-20(19)15-21)25(29)16-23-22(9-10-24(23)28)18-7-5-4-6-8-18/h4-8,19-21H,3,9-17H2,1-2H3/t19-,20-,21+/m1/s1. The molecule has 1 heterocycles. The molecule has 3 aliphatic rings. The molecule has 2 aliphatic carbocycles. The monoisotopic (exact) mass is 394 g/mol. The zero-order valence-electron chi connectivity index (χ0n) is 17.9. The Morgan fingerprint density at radius 3 is 2.66 bits per heavy atom. The van der Waals surface area contributed by atoms with E-state index in [9.17, 15) is 9.59 Å². The molecule has 156 valence electrons. The number of fused-ring (bicyclic) bond motifs is 1. The number of piperidine rings is 1. The number of rotatable bonds is 6.